The van der Waals surface area contributed by atoms with E-state index in [2.05, 4.69) is 9.72 Å². The summed E-state index contributed by atoms with van der Waals surface area (Å²) in [6.07, 6.45) is -5.28. The van der Waals surface area contributed by atoms with Crippen LogP contribution in [0.3, 0.4) is 0 Å². The number of hydrogen-bond donors (Lipinski definition) is 2. The number of fused-ring (bicyclic) bond motifs is 1. The highest BCUT2D eigenvalue weighted by Gasteiger charge is 2.64. The second kappa shape index (κ2) is 9.21. The number of nitrogens with one attached hydrogen (secondary N) is 2. The van der Waals surface area contributed by atoms with Crippen LogP contribution in [-0.4, -0.2) is 42.4 Å². The van der Waals surface area contributed by atoms with Gasteiger partial charge in [-0.2, -0.15) is 13.2 Å². The number of amides is 1. The molecule has 1 unspecified atom stereocenters. The predicted octanol–water partition coefficient (Wildman–Crippen LogP) is 4.62. The van der Waals surface area contributed by atoms with Gasteiger partial charge >= 0.3 is 17.8 Å². The number of carbonyl (C=O) groups excluding carboxylic acids is 2. The van der Waals surface area contributed by atoms with Crippen LogP contribution in [0.25, 0.3) is 10.2 Å². The van der Waals surface area contributed by atoms with Crippen molar-refractivity contribution in [3.05, 3.63) is 53.1 Å². The van der Waals surface area contributed by atoms with E-state index in [0.29, 0.717) is 22.6 Å². The number of nitrogens with zero attached hydrogens (tertiary/aromatic N) is 1. The number of aromatic nitrogens is 1. The molecule has 32 heavy (non-hydrogen) atoms. The highest BCUT2D eigenvalue weighted by atomic mass is 35.5. The molecule has 1 atom stereocenters. The molecule has 12 heteroatoms. The van der Waals surface area contributed by atoms with E-state index in [-0.39, 0.29) is 15.7 Å². The minimum absolute atomic E-state index is 0.139. The molecular weight excluding hydrogens is 471 g/mol. The van der Waals surface area contributed by atoms with Gasteiger partial charge in [-0.05, 0) is 49.4 Å². The van der Waals surface area contributed by atoms with Crippen molar-refractivity contribution in [2.24, 2.45) is 0 Å². The number of thiazole rings is 1. The van der Waals surface area contributed by atoms with Gasteiger partial charge in [-0.15, -0.1) is 0 Å². The van der Waals surface area contributed by atoms with Crippen LogP contribution in [0.5, 0.6) is 5.75 Å². The molecule has 2 N–H and O–H groups in total. The molecule has 0 saturated carbocycles. The summed E-state index contributed by atoms with van der Waals surface area (Å²) in [5.74, 6) is -2.42. The topological polar surface area (TPSA) is 89.5 Å². The first-order valence-corrected chi connectivity index (χ1v) is 10.3. The first kappa shape index (κ1) is 23.6. The summed E-state index contributed by atoms with van der Waals surface area (Å²) in [7, 11) is 0.783. The lowest BCUT2D eigenvalue weighted by Gasteiger charge is -2.34. The van der Waals surface area contributed by atoms with E-state index in [0.717, 1.165) is 18.4 Å². The van der Waals surface area contributed by atoms with Crippen molar-refractivity contribution in [2.45, 2.75) is 18.8 Å². The van der Waals surface area contributed by atoms with E-state index in [4.69, 9.17) is 16.3 Å². The molecule has 2 aromatic carbocycles. The van der Waals surface area contributed by atoms with Gasteiger partial charge in [0.25, 0.3) is 5.91 Å². The van der Waals surface area contributed by atoms with Gasteiger partial charge in [0.1, 0.15) is 5.75 Å². The molecule has 0 spiro atoms. The largest absolute Gasteiger partial charge is 0.494 e. The van der Waals surface area contributed by atoms with Gasteiger partial charge in [0, 0.05) is 10.6 Å². The van der Waals surface area contributed by atoms with E-state index < -0.39 is 23.7 Å². The van der Waals surface area contributed by atoms with E-state index in [1.54, 1.807) is 30.4 Å². The third-order valence-electron chi connectivity index (χ3n) is 4.29. The van der Waals surface area contributed by atoms with Crippen molar-refractivity contribution in [1.82, 2.24) is 10.3 Å². The Bertz CT molecular complexity index is 1140. The fourth-order valence-electron chi connectivity index (χ4n) is 2.76. The molecule has 0 aliphatic heterocycles. The maximum Gasteiger partial charge on any atom is 0.442 e. The molecule has 1 heterocycles. The Kier molecular flexibility index (Phi) is 6.79. The SMILES string of the molecule is CCOc1ccc2nc(NC(NC(=O)c3ccc(Cl)cc3)(C(=O)OC)C(F)(F)F)sc2c1. The van der Waals surface area contributed by atoms with Gasteiger partial charge in [-0.3, -0.25) is 4.79 Å². The summed E-state index contributed by atoms with van der Waals surface area (Å²) >= 11 is 6.61. The van der Waals surface area contributed by atoms with Gasteiger partial charge in [-0.1, -0.05) is 22.9 Å². The Morgan fingerprint density at radius 3 is 2.44 bits per heavy atom. The zero-order chi connectivity index (χ0) is 23.5. The fraction of sp³-hybridized carbons (Fsp3) is 0.250. The summed E-state index contributed by atoms with van der Waals surface area (Å²) in [6, 6.07) is 9.92. The average Bonchev–Trinajstić information content (AvgIpc) is 3.14. The molecule has 170 valence electrons. The second-order valence-corrected chi connectivity index (χ2v) is 7.87. The predicted molar refractivity (Wildman–Crippen MR) is 114 cm³/mol. The van der Waals surface area contributed by atoms with Gasteiger partial charge in [0.05, 0.1) is 23.9 Å². The number of ether oxygens (including phenoxy) is 2. The fourth-order valence-corrected chi connectivity index (χ4v) is 3.84. The Morgan fingerprint density at radius 2 is 1.84 bits per heavy atom. The molecule has 3 aromatic rings. The number of alkyl halides is 3. The third-order valence-corrected chi connectivity index (χ3v) is 5.48. The number of methoxy groups -OCH3 is 1. The van der Waals surface area contributed by atoms with Crippen LogP contribution in [0, 0.1) is 0 Å². The Morgan fingerprint density at radius 1 is 1.16 bits per heavy atom. The summed E-state index contributed by atoms with van der Waals surface area (Å²) in [5.41, 5.74) is -3.35. The summed E-state index contributed by atoms with van der Waals surface area (Å²) in [4.78, 5) is 29.1. The first-order chi connectivity index (χ1) is 15.1. The molecule has 1 aromatic heterocycles. The maximum atomic E-state index is 14.2. The third kappa shape index (κ3) is 4.73. The number of hydrogen-bond acceptors (Lipinski definition) is 7. The highest BCUT2D eigenvalue weighted by molar-refractivity contribution is 7.22. The van der Waals surface area contributed by atoms with E-state index in [1.807, 2.05) is 5.32 Å². The molecule has 0 radical (unpaired) electrons. The molecular formula is C20H17ClF3N3O4S. The van der Waals surface area contributed by atoms with Crippen molar-refractivity contribution in [1.29, 1.82) is 0 Å². The van der Waals surface area contributed by atoms with Crippen LogP contribution in [0.2, 0.25) is 5.02 Å². The van der Waals surface area contributed by atoms with Crippen molar-refractivity contribution in [3.63, 3.8) is 0 Å². The van der Waals surface area contributed by atoms with Crippen LogP contribution < -0.4 is 15.4 Å². The van der Waals surface area contributed by atoms with Crippen molar-refractivity contribution in [2.75, 3.05) is 19.0 Å². The molecule has 7 nitrogen and oxygen atoms in total. The maximum absolute atomic E-state index is 14.2. The van der Waals surface area contributed by atoms with Gasteiger partial charge < -0.3 is 20.1 Å². The molecule has 0 bridgehead atoms. The molecule has 0 aliphatic carbocycles. The normalized spacial score (nSPS) is 13.3. The van der Waals surface area contributed by atoms with Crippen LogP contribution in [0.4, 0.5) is 18.3 Å². The standard InChI is InChI=1S/C20H17ClF3N3O4S/c1-3-31-13-8-9-14-15(10-13)32-18(25-14)27-19(17(29)30-2,20(22,23)24)26-16(28)11-4-6-12(21)7-5-11/h4-10H,3H2,1-2H3,(H,25,27)(H,26,28). The summed E-state index contributed by atoms with van der Waals surface area (Å²) in [5, 5.41) is 3.81. The summed E-state index contributed by atoms with van der Waals surface area (Å²) in [6.45, 7) is 2.20. The smallest absolute Gasteiger partial charge is 0.442 e. The Balaban J connectivity index is 2.02. The van der Waals surface area contributed by atoms with Gasteiger partial charge in [0.15, 0.2) is 5.13 Å². The molecule has 0 fully saturated rings. The molecule has 3 rings (SSSR count). The van der Waals surface area contributed by atoms with E-state index in [1.165, 1.54) is 24.3 Å². The van der Waals surface area contributed by atoms with Crippen molar-refractivity contribution >= 4 is 50.2 Å². The Labute approximate surface area is 189 Å². The summed E-state index contributed by atoms with van der Waals surface area (Å²) < 4.78 is 52.9. The quantitative estimate of drug-likeness (QED) is 0.373. The minimum atomic E-state index is -5.28. The van der Waals surface area contributed by atoms with Crippen molar-refractivity contribution < 1.29 is 32.2 Å². The monoisotopic (exact) mass is 487 g/mol. The zero-order valence-corrected chi connectivity index (χ0v) is 18.3. The lowest BCUT2D eigenvalue weighted by atomic mass is 10.1. The van der Waals surface area contributed by atoms with Gasteiger partial charge in [0.2, 0.25) is 0 Å². The number of rotatable bonds is 7. The molecule has 1 amide bonds. The number of anilines is 1. The first-order valence-electron chi connectivity index (χ1n) is 9.14. The van der Waals surface area contributed by atoms with Crippen molar-refractivity contribution in [3.8, 4) is 5.75 Å². The van der Waals surface area contributed by atoms with Crippen LogP contribution >= 0.6 is 22.9 Å². The molecule has 0 saturated heterocycles. The van der Waals surface area contributed by atoms with E-state index >= 15 is 0 Å². The molecule has 0 aliphatic rings. The average molecular weight is 488 g/mol. The number of esters is 1. The highest BCUT2D eigenvalue weighted by Crippen LogP contribution is 2.36. The van der Waals surface area contributed by atoms with Crippen LogP contribution in [0.1, 0.15) is 17.3 Å². The van der Waals surface area contributed by atoms with Crippen LogP contribution in [0.15, 0.2) is 42.5 Å². The zero-order valence-electron chi connectivity index (χ0n) is 16.7. The number of halogens is 4. The van der Waals surface area contributed by atoms with Gasteiger partial charge in [-0.25, -0.2) is 9.78 Å². The lowest BCUT2D eigenvalue weighted by Crippen LogP contribution is -2.69. The van der Waals surface area contributed by atoms with E-state index in [9.17, 15) is 22.8 Å². The second-order valence-electron chi connectivity index (χ2n) is 6.41. The lowest BCUT2D eigenvalue weighted by molar-refractivity contribution is -0.203. The minimum Gasteiger partial charge on any atom is -0.494 e. The number of benzene rings is 2. The number of carbonyl (C=O) groups is 2. The van der Waals surface area contributed by atoms with Crippen LogP contribution in [-0.2, 0) is 9.53 Å². The Hall–Kier alpha value is -3.05.